The molecule has 0 bridgehead atoms. The molecule has 0 aromatic heterocycles. The highest BCUT2D eigenvalue weighted by molar-refractivity contribution is 6.04. The Hall–Kier alpha value is -2.75. The van der Waals surface area contributed by atoms with Gasteiger partial charge < -0.3 is 0 Å². The van der Waals surface area contributed by atoms with Crippen molar-refractivity contribution in [2.75, 3.05) is 0 Å². The Morgan fingerprint density at radius 3 is 2.23 bits per heavy atom. The van der Waals surface area contributed by atoms with E-state index in [0.717, 1.165) is 37.7 Å². The molecule has 0 aliphatic heterocycles. The normalized spacial score (nSPS) is 45.3. The molecular weight excluding hydrogens is 502 g/mol. The van der Waals surface area contributed by atoms with Crippen LogP contribution in [0.4, 0.5) is 0 Å². The second-order valence-corrected chi connectivity index (χ2v) is 15.4. The summed E-state index contributed by atoms with van der Waals surface area (Å²) < 4.78 is 0. The standard InChI is InChI=1S/C33H45N3O4/c1-19(37)35-36-27(40)30(5)12-11-29(4)13-14-33(8)25(21(29)17-30)22(38)15-24-31(6)16-20(18-34)26(39)28(2,3)23(31)9-10-32(24,33)7/h15-16,21,23,25H,9-14,17H2,1-8H3,(H,35,37)(H,36,40)/t21-,23-,25?,29+,30-,31-,32+,33+/m0/s1. The van der Waals surface area contributed by atoms with Gasteiger partial charge in [0.2, 0.25) is 11.8 Å². The third-order valence-electron chi connectivity index (χ3n) is 13.0. The van der Waals surface area contributed by atoms with E-state index < -0.39 is 16.2 Å². The summed E-state index contributed by atoms with van der Waals surface area (Å²) in [6, 6.07) is 2.17. The van der Waals surface area contributed by atoms with Gasteiger partial charge in [-0.2, -0.15) is 5.26 Å². The van der Waals surface area contributed by atoms with E-state index in [1.54, 1.807) is 0 Å². The molecule has 8 atom stereocenters. The van der Waals surface area contributed by atoms with Gasteiger partial charge in [0, 0.05) is 29.1 Å². The summed E-state index contributed by atoms with van der Waals surface area (Å²) in [6.45, 7) is 16.3. The maximum atomic E-state index is 14.4. The lowest BCUT2D eigenvalue weighted by Gasteiger charge is -2.69. The van der Waals surface area contributed by atoms with Crippen molar-refractivity contribution < 1.29 is 19.2 Å². The number of hydrogen-bond donors (Lipinski definition) is 2. The van der Waals surface area contributed by atoms with Crippen LogP contribution in [-0.2, 0) is 19.2 Å². The van der Waals surface area contributed by atoms with Crippen LogP contribution in [0, 0.1) is 61.6 Å². The zero-order chi connectivity index (χ0) is 29.7. The summed E-state index contributed by atoms with van der Waals surface area (Å²) in [5, 5.41) is 9.89. The van der Waals surface area contributed by atoms with E-state index >= 15 is 0 Å². The van der Waals surface area contributed by atoms with Crippen LogP contribution in [0.3, 0.4) is 0 Å². The van der Waals surface area contributed by atoms with E-state index in [0.29, 0.717) is 12.8 Å². The predicted molar refractivity (Wildman–Crippen MR) is 151 cm³/mol. The van der Waals surface area contributed by atoms with E-state index in [1.165, 1.54) is 6.92 Å². The van der Waals surface area contributed by atoms with E-state index in [9.17, 15) is 24.4 Å². The largest absolute Gasteiger partial charge is 0.295 e. The minimum atomic E-state index is -0.685. The van der Waals surface area contributed by atoms with E-state index in [-0.39, 0.29) is 63.0 Å². The van der Waals surface area contributed by atoms with Crippen LogP contribution < -0.4 is 10.9 Å². The zero-order valence-corrected chi connectivity index (χ0v) is 25.4. The van der Waals surface area contributed by atoms with Crippen molar-refractivity contribution in [1.29, 1.82) is 5.26 Å². The molecule has 5 aliphatic carbocycles. The first-order valence-electron chi connectivity index (χ1n) is 14.9. The summed E-state index contributed by atoms with van der Waals surface area (Å²) in [7, 11) is 0. The lowest BCUT2D eigenvalue weighted by atomic mass is 9.34. The fourth-order valence-electron chi connectivity index (χ4n) is 10.2. The Kier molecular flexibility index (Phi) is 6.21. The smallest absolute Gasteiger partial charge is 0.244 e. The van der Waals surface area contributed by atoms with Crippen LogP contribution in [0.15, 0.2) is 23.3 Å². The fourth-order valence-corrected chi connectivity index (χ4v) is 10.2. The van der Waals surface area contributed by atoms with Crippen molar-refractivity contribution in [1.82, 2.24) is 10.9 Å². The lowest BCUT2D eigenvalue weighted by molar-refractivity contribution is -0.172. The summed E-state index contributed by atoms with van der Waals surface area (Å²) in [5.41, 5.74) is 3.79. The summed E-state index contributed by atoms with van der Waals surface area (Å²) in [4.78, 5) is 52.4. The van der Waals surface area contributed by atoms with Gasteiger partial charge in [-0.05, 0) is 79.1 Å². The molecule has 216 valence electrons. The molecule has 2 amide bonds. The maximum Gasteiger partial charge on any atom is 0.244 e. The average molecular weight is 548 g/mol. The molecule has 7 nitrogen and oxygen atoms in total. The van der Waals surface area contributed by atoms with Crippen LogP contribution >= 0.6 is 0 Å². The summed E-state index contributed by atoms with van der Waals surface area (Å²) in [5.74, 6) is -0.649. The van der Waals surface area contributed by atoms with Crippen molar-refractivity contribution in [3.63, 3.8) is 0 Å². The van der Waals surface area contributed by atoms with Gasteiger partial charge in [-0.25, -0.2) is 0 Å². The Morgan fingerprint density at radius 1 is 0.950 bits per heavy atom. The molecule has 0 spiro atoms. The number of nitrogens with zero attached hydrogens (tertiary/aromatic N) is 1. The monoisotopic (exact) mass is 547 g/mol. The number of amides is 2. The Labute approximate surface area is 238 Å². The highest BCUT2D eigenvalue weighted by Gasteiger charge is 2.69. The molecule has 0 radical (unpaired) electrons. The molecule has 5 aliphatic rings. The van der Waals surface area contributed by atoms with Crippen LogP contribution in [-0.4, -0.2) is 23.4 Å². The van der Waals surface area contributed by atoms with Gasteiger partial charge in [-0.1, -0.05) is 60.1 Å². The molecule has 7 heteroatoms. The molecule has 0 heterocycles. The van der Waals surface area contributed by atoms with Gasteiger partial charge >= 0.3 is 0 Å². The van der Waals surface area contributed by atoms with Crippen molar-refractivity contribution in [2.24, 2.45) is 50.2 Å². The molecule has 1 unspecified atom stereocenters. The minimum Gasteiger partial charge on any atom is -0.295 e. The number of nitrogens with one attached hydrogen (secondary N) is 2. The first-order valence-corrected chi connectivity index (χ1v) is 14.9. The number of Topliss-reactive ketones (excluding diaryl/α,β-unsaturated/α-hetero) is 1. The van der Waals surface area contributed by atoms with Crippen molar-refractivity contribution in [3.8, 4) is 6.07 Å². The summed E-state index contributed by atoms with van der Waals surface area (Å²) in [6.07, 6.45) is 9.60. The van der Waals surface area contributed by atoms with Gasteiger partial charge in [-0.3, -0.25) is 30.0 Å². The number of ketones is 2. The van der Waals surface area contributed by atoms with Crippen molar-refractivity contribution >= 4 is 23.4 Å². The highest BCUT2D eigenvalue weighted by Crippen LogP contribution is 2.74. The fraction of sp³-hybridized carbons (Fsp3) is 0.727. The lowest BCUT2D eigenvalue weighted by Crippen LogP contribution is -2.65. The van der Waals surface area contributed by atoms with Crippen LogP contribution in [0.2, 0.25) is 0 Å². The SMILES string of the molecule is CC(=O)NNC(=O)[C@@]1(C)CC[C@]2(C)CC[C@]3(C)C(C(=O)C=C4[C@@]5(C)C=C(C#N)C(=O)C(C)(C)[C@@H]5CC[C@]43C)[C@@H]2C1. The molecule has 3 fully saturated rings. The average Bonchev–Trinajstić information content (AvgIpc) is 2.87. The highest BCUT2D eigenvalue weighted by atomic mass is 16.2. The topological polar surface area (TPSA) is 116 Å². The number of allylic oxidation sites excluding steroid dienone is 4. The van der Waals surface area contributed by atoms with E-state index in [2.05, 4.69) is 44.6 Å². The number of hydrazine groups is 1. The molecule has 0 aromatic carbocycles. The Morgan fingerprint density at radius 2 is 1.60 bits per heavy atom. The van der Waals surface area contributed by atoms with Gasteiger partial charge in [-0.15, -0.1) is 0 Å². The molecule has 0 aromatic rings. The van der Waals surface area contributed by atoms with Crippen LogP contribution in [0.25, 0.3) is 0 Å². The van der Waals surface area contributed by atoms with E-state index in [1.807, 2.05) is 32.9 Å². The molecule has 40 heavy (non-hydrogen) atoms. The third kappa shape index (κ3) is 3.59. The van der Waals surface area contributed by atoms with Crippen LogP contribution in [0.1, 0.15) is 100 Å². The third-order valence-corrected chi connectivity index (χ3v) is 13.0. The second kappa shape index (κ2) is 8.63. The van der Waals surface area contributed by atoms with E-state index in [4.69, 9.17) is 0 Å². The second-order valence-electron chi connectivity index (χ2n) is 15.4. The van der Waals surface area contributed by atoms with Crippen molar-refractivity contribution in [2.45, 2.75) is 100 Å². The van der Waals surface area contributed by atoms with Gasteiger partial charge in [0.25, 0.3) is 0 Å². The molecule has 0 saturated heterocycles. The number of carbonyl (C=O) groups excluding carboxylic acids is 4. The quantitative estimate of drug-likeness (QED) is 0.428. The predicted octanol–water partition coefficient (Wildman–Crippen LogP) is 5.37. The number of fused-ring (bicyclic) bond motifs is 7. The number of carbonyl (C=O) groups is 4. The zero-order valence-electron chi connectivity index (χ0n) is 25.4. The number of rotatable bonds is 1. The summed E-state index contributed by atoms with van der Waals surface area (Å²) >= 11 is 0. The first kappa shape index (κ1) is 28.8. The van der Waals surface area contributed by atoms with Crippen LogP contribution in [0.5, 0.6) is 0 Å². The Bertz CT molecular complexity index is 1320. The molecule has 2 N–H and O–H groups in total. The molecule has 5 rings (SSSR count). The van der Waals surface area contributed by atoms with Gasteiger partial charge in [0.15, 0.2) is 11.6 Å². The molecule has 3 saturated carbocycles. The van der Waals surface area contributed by atoms with Gasteiger partial charge in [0.05, 0.1) is 5.57 Å². The maximum absolute atomic E-state index is 14.4. The first-order chi connectivity index (χ1) is 18.4. The Balaban J connectivity index is 1.60. The number of hydrogen-bond acceptors (Lipinski definition) is 5. The molecular formula is C33H45N3O4. The van der Waals surface area contributed by atoms with Gasteiger partial charge in [0.1, 0.15) is 6.07 Å². The van der Waals surface area contributed by atoms with Crippen molar-refractivity contribution in [3.05, 3.63) is 23.3 Å². The number of nitriles is 1. The minimum absolute atomic E-state index is 0.0150.